The summed E-state index contributed by atoms with van der Waals surface area (Å²) in [5, 5.41) is 17.1. The lowest BCUT2D eigenvalue weighted by atomic mass is 9.95. The molecule has 0 fully saturated rings. The summed E-state index contributed by atoms with van der Waals surface area (Å²) in [5.41, 5.74) is 0. The molecule has 0 saturated carbocycles. The summed E-state index contributed by atoms with van der Waals surface area (Å²) in [4.78, 5) is 10.9. The second kappa shape index (κ2) is 4.63. The number of hydrogen-bond donors (Lipinski definition) is 1. The molecule has 5 nitrogen and oxygen atoms in total. The van der Waals surface area contributed by atoms with Crippen LogP contribution in [0.2, 0.25) is 0 Å². The van der Waals surface area contributed by atoms with Gasteiger partial charge in [-0.25, -0.2) is 0 Å². The zero-order chi connectivity index (χ0) is 12.5. The third-order valence-electron chi connectivity index (χ3n) is 2.96. The van der Waals surface area contributed by atoms with Crippen molar-refractivity contribution in [2.45, 2.75) is 46.6 Å². The highest BCUT2D eigenvalue weighted by atomic mass is 16.4. The van der Waals surface area contributed by atoms with E-state index in [2.05, 4.69) is 10.2 Å². The van der Waals surface area contributed by atoms with Crippen LogP contribution in [-0.2, 0) is 4.79 Å². The predicted molar refractivity (Wildman–Crippen MR) is 60.4 cm³/mol. The Bertz CT molecular complexity index is 385. The highest BCUT2D eigenvalue weighted by Gasteiger charge is 2.26. The molecule has 0 aromatic carbocycles. The molecule has 0 aliphatic heterocycles. The van der Waals surface area contributed by atoms with Gasteiger partial charge in [0.05, 0.1) is 5.92 Å². The molecule has 2 atom stereocenters. The molecule has 1 aromatic rings. The summed E-state index contributed by atoms with van der Waals surface area (Å²) in [5.74, 6) is 0.183. The molecule has 90 valence electrons. The maximum Gasteiger partial charge on any atom is 0.306 e. The Balaban J connectivity index is 3.09. The molecule has 0 spiro atoms. The average Bonchev–Trinajstić information content (AvgIpc) is 2.57. The first-order valence-corrected chi connectivity index (χ1v) is 5.50. The number of carboxylic acids is 1. The molecule has 0 radical (unpaired) electrons. The van der Waals surface area contributed by atoms with Crippen molar-refractivity contribution in [1.82, 2.24) is 14.8 Å². The van der Waals surface area contributed by atoms with Crippen LogP contribution in [0.25, 0.3) is 0 Å². The van der Waals surface area contributed by atoms with E-state index < -0.39 is 11.9 Å². The third kappa shape index (κ3) is 2.23. The van der Waals surface area contributed by atoms with Crippen LogP contribution in [0.5, 0.6) is 0 Å². The summed E-state index contributed by atoms with van der Waals surface area (Å²) in [6, 6.07) is 0.244. The van der Waals surface area contributed by atoms with Gasteiger partial charge < -0.3 is 9.67 Å². The molecule has 2 unspecified atom stereocenters. The van der Waals surface area contributed by atoms with Gasteiger partial charge in [-0.15, -0.1) is 10.2 Å². The summed E-state index contributed by atoms with van der Waals surface area (Å²) in [6.07, 6.45) is 0. The van der Waals surface area contributed by atoms with Crippen LogP contribution >= 0.6 is 0 Å². The molecule has 1 N–H and O–H groups in total. The predicted octanol–water partition coefficient (Wildman–Crippen LogP) is 1.99. The van der Waals surface area contributed by atoms with Crippen LogP contribution in [-0.4, -0.2) is 25.8 Å². The van der Waals surface area contributed by atoms with Crippen molar-refractivity contribution in [3.63, 3.8) is 0 Å². The molecule has 1 heterocycles. The molecule has 1 rings (SSSR count). The van der Waals surface area contributed by atoms with E-state index in [-0.39, 0.29) is 12.0 Å². The van der Waals surface area contributed by atoms with Crippen molar-refractivity contribution in [2.75, 3.05) is 0 Å². The molecule has 0 aliphatic rings. The summed E-state index contributed by atoms with van der Waals surface area (Å²) < 4.78 is 1.99. The fourth-order valence-corrected chi connectivity index (χ4v) is 1.77. The second-order valence-corrected chi connectivity index (χ2v) is 4.48. The summed E-state index contributed by atoms with van der Waals surface area (Å²) in [7, 11) is 0. The van der Waals surface area contributed by atoms with E-state index in [1.807, 2.05) is 32.3 Å². The smallest absolute Gasteiger partial charge is 0.306 e. The Kier molecular flexibility index (Phi) is 3.67. The Morgan fingerprint density at radius 2 is 1.81 bits per heavy atom. The third-order valence-corrected chi connectivity index (χ3v) is 2.96. The van der Waals surface area contributed by atoms with E-state index in [0.29, 0.717) is 0 Å². The van der Waals surface area contributed by atoms with Gasteiger partial charge in [0.1, 0.15) is 11.6 Å². The quantitative estimate of drug-likeness (QED) is 0.850. The number of nitrogens with zero attached hydrogens (tertiary/aromatic N) is 3. The van der Waals surface area contributed by atoms with Crippen molar-refractivity contribution in [1.29, 1.82) is 0 Å². The van der Waals surface area contributed by atoms with Gasteiger partial charge in [-0.1, -0.05) is 13.8 Å². The minimum absolute atomic E-state index is 0.138. The van der Waals surface area contributed by atoms with E-state index in [1.54, 1.807) is 6.92 Å². The first kappa shape index (κ1) is 12.7. The van der Waals surface area contributed by atoms with E-state index in [0.717, 1.165) is 11.6 Å². The summed E-state index contributed by atoms with van der Waals surface area (Å²) >= 11 is 0. The van der Waals surface area contributed by atoms with E-state index >= 15 is 0 Å². The van der Waals surface area contributed by atoms with E-state index in [9.17, 15) is 4.79 Å². The maximum atomic E-state index is 10.9. The van der Waals surface area contributed by atoms with Gasteiger partial charge in [-0.05, 0) is 20.8 Å². The fraction of sp³-hybridized carbons (Fsp3) is 0.727. The fourth-order valence-electron chi connectivity index (χ4n) is 1.77. The Morgan fingerprint density at radius 1 is 1.25 bits per heavy atom. The zero-order valence-corrected chi connectivity index (χ0v) is 10.4. The number of aromatic nitrogens is 3. The van der Waals surface area contributed by atoms with Crippen molar-refractivity contribution < 1.29 is 9.90 Å². The van der Waals surface area contributed by atoms with E-state index in [1.165, 1.54) is 0 Å². The molecule has 5 heteroatoms. The van der Waals surface area contributed by atoms with Crippen molar-refractivity contribution in [3.8, 4) is 0 Å². The lowest BCUT2D eigenvalue weighted by Crippen LogP contribution is -2.21. The molecule has 0 saturated heterocycles. The lowest BCUT2D eigenvalue weighted by molar-refractivity contribution is -0.141. The number of carboxylic acid groups (broad SMARTS) is 1. The van der Waals surface area contributed by atoms with Crippen molar-refractivity contribution >= 4 is 5.97 Å². The highest BCUT2D eigenvalue weighted by molar-refractivity contribution is 5.70. The summed E-state index contributed by atoms with van der Waals surface area (Å²) in [6.45, 7) is 9.54. The first-order valence-electron chi connectivity index (χ1n) is 5.50. The SMILES string of the molecule is Cc1nnc(C(C)C(C)C(=O)O)n1C(C)C. The topological polar surface area (TPSA) is 68.0 Å². The normalized spacial score (nSPS) is 15.1. The average molecular weight is 225 g/mol. The Hall–Kier alpha value is -1.39. The van der Waals surface area contributed by atoms with E-state index in [4.69, 9.17) is 5.11 Å². The second-order valence-electron chi connectivity index (χ2n) is 4.48. The van der Waals surface area contributed by atoms with Gasteiger partial charge >= 0.3 is 5.97 Å². The lowest BCUT2D eigenvalue weighted by Gasteiger charge is -2.19. The number of aryl methyl sites for hydroxylation is 1. The van der Waals surface area contributed by atoms with Crippen molar-refractivity contribution in [3.05, 3.63) is 11.6 Å². The first-order chi connectivity index (χ1) is 7.36. The number of aliphatic carboxylic acids is 1. The van der Waals surface area contributed by atoms with Crippen molar-refractivity contribution in [2.24, 2.45) is 5.92 Å². The van der Waals surface area contributed by atoms with Crippen LogP contribution in [0, 0.1) is 12.8 Å². The van der Waals surface area contributed by atoms with Crippen LogP contribution < -0.4 is 0 Å². The van der Waals surface area contributed by atoms with Gasteiger partial charge in [-0.2, -0.15) is 0 Å². The molecular formula is C11H19N3O2. The molecule has 0 amide bonds. The van der Waals surface area contributed by atoms with Gasteiger partial charge in [-0.3, -0.25) is 4.79 Å². The number of hydrogen-bond acceptors (Lipinski definition) is 3. The van der Waals surface area contributed by atoms with Gasteiger partial charge in [0.25, 0.3) is 0 Å². The minimum atomic E-state index is -0.802. The standard InChI is InChI=1S/C11H19N3O2/c1-6(2)14-9(5)12-13-10(14)7(3)8(4)11(15)16/h6-8H,1-5H3,(H,15,16). The molecule has 16 heavy (non-hydrogen) atoms. The van der Waals surface area contributed by atoms with Crippen LogP contribution in [0.4, 0.5) is 0 Å². The number of rotatable bonds is 4. The molecule has 0 aliphatic carbocycles. The Morgan fingerprint density at radius 3 is 2.25 bits per heavy atom. The molecule has 0 bridgehead atoms. The monoisotopic (exact) mass is 225 g/mol. The molecular weight excluding hydrogens is 206 g/mol. The molecule has 1 aromatic heterocycles. The minimum Gasteiger partial charge on any atom is -0.481 e. The van der Waals surface area contributed by atoms with Gasteiger partial charge in [0, 0.05) is 12.0 Å². The maximum absolute atomic E-state index is 10.9. The van der Waals surface area contributed by atoms with Crippen LogP contribution in [0.1, 0.15) is 51.3 Å². The van der Waals surface area contributed by atoms with Crippen LogP contribution in [0.3, 0.4) is 0 Å². The van der Waals surface area contributed by atoms with Gasteiger partial charge in [0.15, 0.2) is 0 Å². The number of carbonyl (C=O) groups is 1. The van der Waals surface area contributed by atoms with Gasteiger partial charge in [0.2, 0.25) is 0 Å². The Labute approximate surface area is 95.5 Å². The zero-order valence-electron chi connectivity index (χ0n) is 10.4. The van der Waals surface area contributed by atoms with Crippen LogP contribution in [0.15, 0.2) is 0 Å². The largest absolute Gasteiger partial charge is 0.481 e. The highest BCUT2D eigenvalue weighted by Crippen LogP contribution is 2.25.